The number of nitrogens with zero attached hydrogens (tertiary/aromatic N) is 2. The first-order valence-corrected chi connectivity index (χ1v) is 10.1. The zero-order valence-electron chi connectivity index (χ0n) is 16.5. The molecule has 0 unspecified atom stereocenters. The van der Waals surface area contributed by atoms with E-state index in [9.17, 15) is 9.59 Å². The van der Waals surface area contributed by atoms with Gasteiger partial charge in [0.15, 0.2) is 6.61 Å². The van der Waals surface area contributed by atoms with Gasteiger partial charge in [-0.1, -0.05) is 6.42 Å². The van der Waals surface area contributed by atoms with Gasteiger partial charge in [-0.05, 0) is 50.1 Å². The van der Waals surface area contributed by atoms with Crippen LogP contribution in [0.2, 0.25) is 0 Å². The first kappa shape index (κ1) is 19.2. The Bertz CT molecular complexity index is 1060. The highest BCUT2D eigenvalue weighted by Gasteiger charge is 2.15. The van der Waals surface area contributed by atoms with Crippen molar-refractivity contribution in [1.29, 1.82) is 0 Å². The maximum atomic E-state index is 12.9. The van der Waals surface area contributed by atoms with E-state index in [1.165, 1.54) is 0 Å². The van der Waals surface area contributed by atoms with E-state index >= 15 is 0 Å². The van der Waals surface area contributed by atoms with Crippen molar-refractivity contribution in [2.24, 2.45) is 0 Å². The number of aryl methyl sites for hydroxylation is 1. The predicted octanol–water partition coefficient (Wildman–Crippen LogP) is 2.84. The number of nitrogens with one attached hydrogen (secondary N) is 1. The van der Waals surface area contributed by atoms with Crippen LogP contribution in [-0.2, 0) is 24.2 Å². The van der Waals surface area contributed by atoms with E-state index in [1.54, 1.807) is 29.0 Å². The highest BCUT2D eigenvalue weighted by atomic mass is 16.5. The Morgan fingerprint density at radius 1 is 1.31 bits per heavy atom. The molecule has 0 fully saturated rings. The minimum absolute atomic E-state index is 0.0335. The lowest BCUT2D eigenvalue weighted by Crippen LogP contribution is -2.37. The van der Waals surface area contributed by atoms with Gasteiger partial charge in [0.25, 0.3) is 11.5 Å². The lowest BCUT2D eigenvalue weighted by atomic mass is 10.2. The number of furan rings is 1. The van der Waals surface area contributed by atoms with Gasteiger partial charge in [-0.25, -0.2) is 4.98 Å². The van der Waals surface area contributed by atoms with Crippen molar-refractivity contribution >= 4 is 16.8 Å². The molecule has 3 aromatic rings. The molecule has 29 heavy (non-hydrogen) atoms. The van der Waals surface area contributed by atoms with Crippen molar-refractivity contribution in [2.45, 2.75) is 51.6 Å². The second kappa shape index (κ2) is 8.51. The van der Waals surface area contributed by atoms with Gasteiger partial charge in [0.1, 0.15) is 17.3 Å². The summed E-state index contributed by atoms with van der Waals surface area (Å²) in [5.41, 5.74) is 0.640. The molecule has 7 nitrogen and oxygen atoms in total. The summed E-state index contributed by atoms with van der Waals surface area (Å²) in [6, 6.07) is 8.85. The van der Waals surface area contributed by atoms with Crippen LogP contribution in [0.5, 0.6) is 5.75 Å². The van der Waals surface area contributed by atoms with Crippen LogP contribution in [0.1, 0.15) is 37.8 Å². The number of amides is 1. The Morgan fingerprint density at radius 3 is 3.03 bits per heavy atom. The van der Waals surface area contributed by atoms with Gasteiger partial charge >= 0.3 is 0 Å². The SMILES string of the molecule is C[C@@H](Cc1ccco1)NC(=O)COc1ccc2nc3n(c(=O)c2c1)CCCCC3. The van der Waals surface area contributed by atoms with Crippen molar-refractivity contribution < 1.29 is 13.9 Å². The molecule has 152 valence electrons. The van der Waals surface area contributed by atoms with Crippen molar-refractivity contribution in [3.05, 3.63) is 58.5 Å². The fourth-order valence-electron chi connectivity index (χ4n) is 3.73. The number of ether oxygens (including phenoxy) is 1. The minimum Gasteiger partial charge on any atom is -0.484 e. The molecule has 0 bridgehead atoms. The number of hydrogen-bond acceptors (Lipinski definition) is 5. The second-order valence-electron chi connectivity index (χ2n) is 7.52. The minimum atomic E-state index is -0.221. The van der Waals surface area contributed by atoms with Crippen LogP contribution in [0.15, 0.2) is 45.8 Å². The number of carbonyl (C=O) groups is 1. The number of hydrogen-bond donors (Lipinski definition) is 1. The average molecular weight is 395 g/mol. The van der Waals surface area contributed by atoms with E-state index in [-0.39, 0.29) is 24.1 Å². The van der Waals surface area contributed by atoms with Crippen LogP contribution in [-0.4, -0.2) is 28.1 Å². The molecule has 0 saturated carbocycles. The van der Waals surface area contributed by atoms with Gasteiger partial charge in [-0.2, -0.15) is 0 Å². The van der Waals surface area contributed by atoms with Crippen molar-refractivity contribution in [3.63, 3.8) is 0 Å². The van der Waals surface area contributed by atoms with E-state index in [4.69, 9.17) is 9.15 Å². The lowest BCUT2D eigenvalue weighted by molar-refractivity contribution is -0.123. The van der Waals surface area contributed by atoms with E-state index in [0.29, 0.717) is 29.6 Å². The van der Waals surface area contributed by atoms with Crippen molar-refractivity contribution in [1.82, 2.24) is 14.9 Å². The van der Waals surface area contributed by atoms with Crippen molar-refractivity contribution in [2.75, 3.05) is 6.61 Å². The molecule has 1 amide bonds. The fraction of sp³-hybridized carbons (Fsp3) is 0.409. The van der Waals surface area contributed by atoms with Crippen LogP contribution in [0.4, 0.5) is 0 Å². The maximum absolute atomic E-state index is 12.9. The molecule has 0 saturated heterocycles. The Hall–Kier alpha value is -3.09. The first-order chi connectivity index (χ1) is 14.1. The third-order valence-corrected chi connectivity index (χ3v) is 5.15. The average Bonchev–Trinajstić information content (AvgIpc) is 3.09. The molecule has 1 aliphatic heterocycles. The number of rotatable bonds is 6. The molecule has 1 atom stereocenters. The first-order valence-electron chi connectivity index (χ1n) is 10.1. The zero-order chi connectivity index (χ0) is 20.2. The molecular formula is C22H25N3O4. The number of benzene rings is 1. The van der Waals surface area contributed by atoms with Gasteiger partial charge in [-0.15, -0.1) is 0 Å². The molecule has 1 N–H and O–H groups in total. The Kier molecular flexibility index (Phi) is 5.64. The quantitative estimate of drug-likeness (QED) is 0.694. The largest absolute Gasteiger partial charge is 0.484 e. The van der Waals surface area contributed by atoms with Crippen LogP contribution in [0.3, 0.4) is 0 Å². The van der Waals surface area contributed by atoms with Crippen LogP contribution < -0.4 is 15.6 Å². The summed E-state index contributed by atoms with van der Waals surface area (Å²) in [5.74, 6) is 1.94. The Labute approximate surface area is 168 Å². The summed E-state index contributed by atoms with van der Waals surface area (Å²) in [4.78, 5) is 29.7. The summed E-state index contributed by atoms with van der Waals surface area (Å²) in [6.07, 6.45) is 6.23. The molecule has 0 spiro atoms. The maximum Gasteiger partial charge on any atom is 0.261 e. The molecule has 2 aromatic heterocycles. The summed E-state index contributed by atoms with van der Waals surface area (Å²) in [6.45, 7) is 2.50. The van der Waals surface area contributed by atoms with E-state index < -0.39 is 0 Å². The highest BCUT2D eigenvalue weighted by molar-refractivity contribution is 5.80. The standard InChI is InChI=1S/C22H25N3O4/c1-15(12-16-6-5-11-28-16)23-21(26)14-29-17-8-9-19-18(13-17)22(27)25-10-4-2-3-7-20(25)24-19/h5-6,8-9,11,13,15H,2-4,7,10,12,14H2,1H3,(H,23,26)/t15-/m0/s1. The van der Waals surface area contributed by atoms with E-state index in [0.717, 1.165) is 37.3 Å². The topological polar surface area (TPSA) is 86.4 Å². The van der Waals surface area contributed by atoms with Gasteiger partial charge < -0.3 is 14.5 Å². The normalized spacial score (nSPS) is 14.8. The summed E-state index contributed by atoms with van der Waals surface area (Å²) in [5, 5.41) is 3.41. The molecule has 7 heteroatoms. The molecular weight excluding hydrogens is 370 g/mol. The van der Waals surface area contributed by atoms with E-state index in [2.05, 4.69) is 10.3 Å². The summed E-state index contributed by atoms with van der Waals surface area (Å²) >= 11 is 0. The fourth-order valence-corrected chi connectivity index (χ4v) is 3.73. The van der Waals surface area contributed by atoms with Gasteiger partial charge in [0, 0.05) is 25.4 Å². The third-order valence-electron chi connectivity index (χ3n) is 5.15. The Morgan fingerprint density at radius 2 is 2.21 bits per heavy atom. The molecule has 1 aromatic carbocycles. The molecule has 0 aliphatic carbocycles. The molecule has 3 heterocycles. The predicted molar refractivity (Wildman–Crippen MR) is 109 cm³/mol. The summed E-state index contributed by atoms with van der Waals surface area (Å²) in [7, 11) is 0. The van der Waals surface area contributed by atoms with Gasteiger partial charge in [0.05, 0.1) is 17.2 Å². The third kappa shape index (κ3) is 4.50. The zero-order valence-corrected chi connectivity index (χ0v) is 16.5. The highest BCUT2D eigenvalue weighted by Crippen LogP contribution is 2.19. The second-order valence-corrected chi connectivity index (χ2v) is 7.52. The van der Waals surface area contributed by atoms with E-state index in [1.807, 2.05) is 19.1 Å². The van der Waals surface area contributed by atoms with Crippen molar-refractivity contribution in [3.8, 4) is 5.75 Å². The lowest BCUT2D eigenvalue weighted by Gasteiger charge is -2.14. The van der Waals surface area contributed by atoms with Crippen LogP contribution in [0, 0.1) is 0 Å². The molecule has 4 rings (SSSR count). The number of fused-ring (bicyclic) bond motifs is 2. The monoisotopic (exact) mass is 395 g/mol. The number of aromatic nitrogens is 2. The van der Waals surface area contributed by atoms with Crippen LogP contribution >= 0.6 is 0 Å². The van der Waals surface area contributed by atoms with Gasteiger partial charge in [-0.3, -0.25) is 14.2 Å². The van der Waals surface area contributed by atoms with Gasteiger partial charge in [0.2, 0.25) is 0 Å². The summed E-state index contributed by atoms with van der Waals surface area (Å²) < 4.78 is 12.7. The van der Waals surface area contributed by atoms with Crippen LogP contribution in [0.25, 0.3) is 10.9 Å². The Balaban J connectivity index is 1.42. The number of carbonyl (C=O) groups excluding carboxylic acids is 1. The molecule has 0 radical (unpaired) electrons. The smallest absolute Gasteiger partial charge is 0.261 e. The molecule has 1 aliphatic rings.